The molecule has 2 fully saturated rings. The first kappa shape index (κ1) is 20.9. The zero-order valence-electron chi connectivity index (χ0n) is 19.4. The maximum atomic E-state index is 10.8. The molecule has 1 saturated carbocycles. The number of methoxy groups -OCH3 is 1. The van der Waals surface area contributed by atoms with Crippen molar-refractivity contribution in [3.8, 4) is 5.88 Å². The molecule has 6 rings (SSSR count). The van der Waals surface area contributed by atoms with Gasteiger partial charge in [-0.2, -0.15) is 0 Å². The second-order valence-corrected chi connectivity index (χ2v) is 9.87. The van der Waals surface area contributed by atoms with Crippen LogP contribution in [-0.4, -0.2) is 70.0 Å². The lowest BCUT2D eigenvalue weighted by Gasteiger charge is -2.36. The molecular weight excluding hydrogens is 414 g/mol. The number of aromatic nitrogens is 3. The largest absolute Gasteiger partial charge is 0.494 e. The topological polar surface area (TPSA) is 66.7 Å². The van der Waals surface area contributed by atoms with Crippen LogP contribution in [0.15, 0.2) is 30.6 Å². The monoisotopic (exact) mass is 447 g/mol. The van der Waals surface area contributed by atoms with Crippen LogP contribution >= 0.6 is 0 Å². The third kappa shape index (κ3) is 3.97. The molecule has 1 N–H and O–H groups in total. The summed E-state index contributed by atoms with van der Waals surface area (Å²) in [5, 5.41) is 11.5. The van der Waals surface area contributed by atoms with Crippen molar-refractivity contribution in [2.75, 3.05) is 38.2 Å². The highest BCUT2D eigenvalue weighted by Crippen LogP contribution is 2.30. The van der Waals surface area contributed by atoms with Crippen molar-refractivity contribution in [3.63, 3.8) is 0 Å². The number of fused-ring (bicyclic) bond motifs is 2. The molecule has 0 bridgehead atoms. The van der Waals surface area contributed by atoms with E-state index in [9.17, 15) is 5.11 Å². The van der Waals surface area contributed by atoms with Crippen LogP contribution in [0.2, 0.25) is 0 Å². The van der Waals surface area contributed by atoms with Crippen LogP contribution in [0.3, 0.4) is 0 Å². The predicted octanol–water partition coefficient (Wildman–Crippen LogP) is 3.36. The highest BCUT2D eigenvalue weighted by molar-refractivity contribution is 5.84. The van der Waals surface area contributed by atoms with E-state index >= 15 is 0 Å². The Hall–Kier alpha value is -2.64. The second-order valence-electron chi connectivity index (χ2n) is 9.87. The van der Waals surface area contributed by atoms with E-state index in [-0.39, 0.29) is 12.0 Å². The van der Waals surface area contributed by atoms with Gasteiger partial charge in [0, 0.05) is 51.7 Å². The molecule has 1 saturated heterocycles. The molecule has 0 spiro atoms. The number of rotatable bonds is 5. The van der Waals surface area contributed by atoms with Crippen molar-refractivity contribution < 1.29 is 9.84 Å². The number of ether oxygens (including phenoxy) is 1. The van der Waals surface area contributed by atoms with Crippen LogP contribution in [0.5, 0.6) is 5.88 Å². The summed E-state index contributed by atoms with van der Waals surface area (Å²) in [6, 6.07) is 7.67. The van der Waals surface area contributed by atoms with Gasteiger partial charge in [-0.05, 0) is 48.8 Å². The molecule has 0 unspecified atom stereocenters. The van der Waals surface area contributed by atoms with Gasteiger partial charge in [-0.15, -0.1) is 0 Å². The van der Waals surface area contributed by atoms with Gasteiger partial charge in [-0.3, -0.25) is 4.90 Å². The Labute approximate surface area is 195 Å². The van der Waals surface area contributed by atoms with Gasteiger partial charge in [0.1, 0.15) is 0 Å². The molecule has 1 aromatic carbocycles. The van der Waals surface area contributed by atoms with Crippen molar-refractivity contribution in [1.82, 2.24) is 19.4 Å². The molecule has 174 valence electrons. The van der Waals surface area contributed by atoms with Crippen molar-refractivity contribution in [3.05, 3.63) is 47.3 Å². The van der Waals surface area contributed by atoms with E-state index in [0.717, 1.165) is 43.9 Å². The van der Waals surface area contributed by atoms with Crippen LogP contribution < -0.4 is 4.90 Å². The summed E-state index contributed by atoms with van der Waals surface area (Å²) in [5.41, 5.74) is 4.95. The minimum Gasteiger partial charge on any atom is -0.494 e. The number of aromatic hydroxyl groups is 1. The van der Waals surface area contributed by atoms with E-state index in [2.05, 4.69) is 33.0 Å². The molecular formula is C26H33N5O2. The van der Waals surface area contributed by atoms with Gasteiger partial charge in [0.15, 0.2) is 0 Å². The van der Waals surface area contributed by atoms with E-state index in [1.807, 2.05) is 10.8 Å². The molecule has 7 heteroatoms. The maximum absolute atomic E-state index is 10.8. The lowest BCUT2D eigenvalue weighted by atomic mass is 9.91. The van der Waals surface area contributed by atoms with E-state index in [1.165, 1.54) is 49.0 Å². The predicted molar refractivity (Wildman–Crippen MR) is 129 cm³/mol. The summed E-state index contributed by atoms with van der Waals surface area (Å²) in [4.78, 5) is 14.1. The molecule has 0 radical (unpaired) electrons. The number of hydrogen-bond acceptors (Lipinski definition) is 6. The summed E-state index contributed by atoms with van der Waals surface area (Å²) < 4.78 is 7.36. The highest BCUT2D eigenvalue weighted by atomic mass is 16.5. The Balaban J connectivity index is 1.20. The van der Waals surface area contributed by atoms with Crippen LogP contribution in [0.4, 0.5) is 5.95 Å². The van der Waals surface area contributed by atoms with Crippen LogP contribution in [0, 0.1) is 0 Å². The van der Waals surface area contributed by atoms with Gasteiger partial charge < -0.3 is 19.3 Å². The van der Waals surface area contributed by atoms with Gasteiger partial charge in [0.2, 0.25) is 11.8 Å². The summed E-state index contributed by atoms with van der Waals surface area (Å²) in [6.45, 7) is 4.68. The minimum absolute atomic E-state index is 0.233. The normalized spacial score (nSPS) is 21.8. The van der Waals surface area contributed by atoms with Gasteiger partial charge in [-0.25, -0.2) is 9.97 Å². The van der Waals surface area contributed by atoms with E-state index in [1.54, 1.807) is 13.3 Å². The molecule has 3 aromatic rings. The Morgan fingerprint density at radius 1 is 1.09 bits per heavy atom. The molecule has 1 atom stereocenters. The Kier molecular flexibility index (Phi) is 5.46. The molecule has 7 nitrogen and oxygen atoms in total. The molecule has 33 heavy (non-hydrogen) atoms. The SMILES string of the molecule is CO[C@H]1CCN(c2ncc3c(O)n(Cc4ccc5c(c4)CCN(C4CCC4)CC5)cc3n2)C1. The maximum Gasteiger partial charge on any atom is 0.226 e. The van der Waals surface area contributed by atoms with Gasteiger partial charge >= 0.3 is 0 Å². The average molecular weight is 448 g/mol. The summed E-state index contributed by atoms with van der Waals surface area (Å²) in [6.07, 6.45) is 11.3. The minimum atomic E-state index is 0.233. The van der Waals surface area contributed by atoms with Crippen molar-refractivity contribution in [2.24, 2.45) is 0 Å². The van der Waals surface area contributed by atoms with Crippen LogP contribution in [0.1, 0.15) is 42.4 Å². The Morgan fingerprint density at radius 3 is 2.70 bits per heavy atom. The third-order valence-electron chi connectivity index (χ3n) is 7.91. The Morgan fingerprint density at radius 2 is 1.94 bits per heavy atom. The summed E-state index contributed by atoms with van der Waals surface area (Å²) in [5.74, 6) is 0.944. The van der Waals surface area contributed by atoms with E-state index in [0.29, 0.717) is 17.9 Å². The zero-order valence-corrected chi connectivity index (χ0v) is 19.4. The van der Waals surface area contributed by atoms with E-state index < -0.39 is 0 Å². The first-order chi connectivity index (χ1) is 16.2. The van der Waals surface area contributed by atoms with Gasteiger partial charge in [0.25, 0.3) is 0 Å². The zero-order chi connectivity index (χ0) is 22.4. The van der Waals surface area contributed by atoms with E-state index in [4.69, 9.17) is 9.72 Å². The summed E-state index contributed by atoms with van der Waals surface area (Å²) >= 11 is 0. The smallest absolute Gasteiger partial charge is 0.226 e. The molecule has 2 aromatic heterocycles. The third-order valence-corrected chi connectivity index (χ3v) is 7.91. The van der Waals surface area contributed by atoms with Gasteiger partial charge in [0.05, 0.1) is 23.6 Å². The molecule has 3 aliphatic rings. The lowest BCUT2D eigenvalue weighted by molar-refractivity contribution is 0.121. The average Bonchev–Trinajstić information content (AvgIpc) is 3.33. The molecule has 2 aliphatic heterocycles. The van der Waals surface area contributed by atoms with Crippen molar-refractivity contribution >= 4 is 16.9 Å². The van der Waals surface area contributed by atoms with Crippen LogP contribution in [-0.2, 0) is 24.1 Å². The number of nitrogens with zero attached hydrogens (tertiary/aromatic N) is 5. The quantitative estimate of drug-likeness (QED) is 0.647. The number of benzene rings is 1. The fourth-order valence-electron chi connectivity index (χ4n) is 5.60. The fraction of sp³-hybridized carbons (Fsp3) is 0.538. The molecule has 4 heterocycles. The number of hydrogen-bond donors (Lipinski definition) is 1. The second kappa shape index (κ2) is 8.61. The first-order valence-corrected chi connectivity index (χ1v) is 12.4. The van der Waals surface area contributed by atoms with Crippen LogP contribution in [0.25, 0.3) is 10.9 Å². The number of anilines is 1. The van der Waals surface area contributed by atoms with Gasteiger partial charge in [-0.1, -0.05) is 24.6 Å². The Bertz CT molecular complexity index is 1160. The van der Waals surface area contributed by atoms with Crippen molar-refractivity contribution in [2.45, 2.75) is 57.2 Å². The standard InChI is InChI=1S/C26H33N5O2/c1-33-22-9-12-30(16-22)26-27-14-23-24(28-26)17-31(25(23)32)15-18-5-6-19-7-10-29(21-3-2-4-21)11-8-20(19)13-18/h5-6,13-14,17,21-22,32H,2-4,7-12,15-16H2,1H3/t22-/m0/s1. The first-order valence-electron chi connectivity index (χ1n) is 12.4. The van der Waals surface area contributed by atoms with Crippen molar-refractivity contribution in [1.29, 1.82) is 0 Å². The molecule has 1 aliphatic carbocycles. The highest BCUT2D eigenvalue weighted by Gasteiger charge is 2.27. The summed E-state index contributed by atoms with van der Waals surface area (Å²) in [7, 11) is 1.75. The lowest BCUT2D eigenvalue weighted by Crippen LogP contribution is -2.41. The fourth-order valence-corrected chi connectivity index (χ4v) is 5.60. The molecule has 0 amide bonds.